The zero-order valence-electron chi connectivity index (χ0n) is 11.2. The van der Waals surface area contributed by atoms with Gasteiger partial charge in [0, 0.05) is 23.7 Å². The first kappa shape index (κ1) is 13.7. The van der Waals surface area contributed by atoms with Crippen LogP contribution in [0.1, 0.15) is 11.3 Å². The van der Waals surface area contributed by atoms with Gasteiger partial charge in [0.2, 0.25) is 10.0 Å². The van der Waals surface area contributed by atoms with E-state index in [2.05, 4.69) is 4.98 Å². The van der Waals surface area contributed by atoms with Gasteiger partial charge in [0.05, 0.1) is 4.90 Å². The van der Waals surface area contributed by atoms with Gasteiger partial charge in [-0.15, -0.1) is 0 Å². The average Bonchev–Trinajstić information content (AvgIpc) is 2.47. The van der Waals surface area contributed by atoms with E-state index in [0.29, 0.717) is 17.4 Å². The van der Waals surface area contributed by atoms with Gasteiger partial charge in [-0.3, -0.25) is 4.98 Å². The van der Waals surface area contributed by atoms with Gasteiger partial charge in [0.1, 0.15) is 0 Å². The Hall–Kier alpha value is -2.24. The van der Waals surface area contributed by atoms with Crippen molar-refractivity contribution in [3.63, 3.8) is 0 Å². The van der Waals surface area contributed by atoms with Gasteiger partial charge in [0.15, 0.2) is 0 Å². The molecule has 0 aliphatic rings. The summed E-state index contributed by atoms with van der Waals surface area (Å²) in [5, 5.41) is 6.93. The Morgan fingerprint density at radius 3 is 2.43 bits per heavy atom. The molecule has 4 nitrogen and oxygen atoms in total. The van der Waals surface area contributed by atoms with Crippen molar-refractivity contribution in [1.29, 1.82) is 0 Å². The van der Waals surface area contributed by atoms with Crippen LogP contribution in [0, 0.1) is 0 Å². The highest BCUT2D eigenvalue weighted by Crippen LogP contribution is 2.27. The predicted molar refractivity (Wildman–Crippen MR) is 82.4 cm³/mol. The van der Waals surface area contributed by atoms with Crippen molar-refractivity contribution in [3.8, 4) is 0 Å². The lowest BCUT2D eigenvalue weighted by atomic mass is 10.0. The third kappa shape index (κ3) is 2.79. The molecular formula is C16H14N2O2S. The summed E-state index contributed by atoms with van der Waals surface area (Å²) < 4.78 is 24.0. The van der Waals surface area contributed by atoms with Gasteiger partial charge in [-0.05, 0) is 23.1 Å². The largest absolute Gasteiger partial charge is 0.261 e. The van der Waals surface area contributed by atoms with Crippen molar-refractivity contribution in [1.82, 2.24) is 4.98 Å². The lowest BCUT2D eigenvalue weighted by Gasteiger charge is -2.11. The van der Waals surface area contributed by atoms with Crippen LogP contribution in [0.3, 0.4) is 0 Å². The Morgan fingerprint density at radius 1 is 0.952 bits per heavy atom. The van der Waals surface area contributed by atoms with E-state index >= 15 is 0 Å². The topological polar surface area (TPSA) is 73.1 Å². The molecular weight excluding hydrogens is 284 g/mol. The van der Waals surface area contributed by atoms with E-state index < -0.39 is 10.0 Å². The Bertz CT molecular complexity index is 891. The van der Waals surface area contributed by atoms with Crippen LogP contribution in [0.5, 0.6) is 0 Å². The fraction of sp³-hybridized carbons (Fsp3) is 0.0625. The zero-order chi connectivity index (χ0) is 14.9. The van der Waals surface area contributed by atoms with Crippen LogP contribution in [-0.2, 0) is 16.4 Å². The number of aromatic nitrogens is 1. The van der Waals surface area contributed by atoms with Gasteiger partial charge in [-0.2, -0.15) is 0 Å². The van der Waals surface area contributed by atoms with Crippen molar-refractivity contribution < 1.29 is 8.42 Å². The molecule has 0 spiro atoms. The average molecular weight is 298 g/mol. The number of pyridine rings is 1. The monoisotopic (exact) mass is 298 g/mol. The second kappa shape index (κ2) is 5.27. The fourth-order valence-corrected chi connectivity index (χ4v) is 3.46. The van der Waals surface area contributed by atoms with Crippen molar-refractivity contribution >= 4 is 20.8 Å². The van der Waals surface area contributed by atoms with Crippen molar-refractivity contribution in [2.24, 2.45) is 5.14 Å². The van der Waals surface area contributed by atoms with Crippen molar-refractivity contribution in [2.75, 3.05) is 0 Å². The van der Waals surface area contributed by atoms with E-state index in [1.54, 1.807) is 18.3 Å². The number of nitrogens with two attached hydrogens (primary N) is 1. The molecule has 1 heterocycles. The molecule has 3 aromatic rings. The highest BCUT2D eigenvalue weighted by molar-refractivity contribution is 7.89. The Balaban J connectivity index is 2.23. The maximum Gasteiger partial charge on any atom is 0.238 e. The number of hydrogen-bond acceptors (Lipinski definition) is 3. The molecule has 106 valence electrons. The third-order valence-electron chi connectivity index (χ3n) is 3.34. The number of hydrogen-bond donors (Lipinski definition) is 1. The SMILES string of the molecule is NS(=O)(=O)c1c(Cc2ccccn2)ccc2ccccc12. The molecule has 3 rings (SSSR count). The van der Waals surface area contributed by atoms with Gasteiger partial charge in [0.25, 0.3) is 0 Å². The number of sulfonamides is 1. The van der Waals surface area contributed by atoms with E-state index in [1.165, 1.54) is 0 Å². The number of primary sulfonamides is 1. The van der Waals surface area contributed by atoms with Crippen molar-refractivity contribution in [3.05, 3.63) is 72.1 Å². The number of fused-ring (bicyclic) bond motifs is 1. The number of nitrogens with zero attached hydrogens (tertiary/aromatic N) is 1. The molecule has 0 bridgehead atoms. The quantitative estimate of drug-likeness (QED) is 0.807. The molecule has 2 N–H and O–H groups in total. The normalized spacial score (nSPS) is 11.7. The van der Waals surface area contributed by atoms with Crippen LogP contribution in [0.2, 0.25) is 0 Å². The summed E-state index contributed by atoms with van der Waals surface area (Å²) in [5.41, 5.74) is 1.47. The summed E-state index contributed by atoms with van der Waals surface area (Å²) in [6.45, 7) is 0. The van der Waals surface area contributed by atoms with Gasteiger partial charge in [-0.1, -0.05) is 42.5 Å². The Kier molecular flexibility index (Phi) is 3.45. The lowest BCUT2D eigenvalue weighted by molar-refractivity contribution is 0.598. The maximum absolute atomic E-state index is 12.0. The van der Waals surface area contributed by atoms with Gasteiger partial charge in [-0.25, -0.2) is 13.6 Å². The van der Waals surface area contributed by atoms with Crippen LogP contribution in [0.25, 0.3) is 10.8 Å². The van der Waals surface area contributed by atoms with E-state index in [9.17, 15) is 8.42 Å². The summed E-state index contributed by atoms with van der Waals surface area (Å²) in [6.07, 6.45) is 2.12. The second-order valence-electron chi connectivity index (χ2n) is 4.82. The van der Waals surface area contributed by atoms with Gasteiger partial charge >= 0.3 is 0 Å². The fourth-order valence-electron chi connectivity index (χ4n) is 2.46. The van der Waals surface area contributed by atoms with Crippen molar-refractivity contribution in [2.45, 2.75) is 11.3 Å². The third-order valence-corrected chi connectivity index (χ3v) is 4.39. The molecule has 0 saturated carbocycles. The van der Waals surface area contributed by atoms with E-state index in [4.69, 9.17) is 5.14 Å². The maximum atomic E-state index is 12.0. The van der Waals surface area contributed by atoms with E-state index in [-0.39, 0.29) is 4.90 Å². The molecule has 0 aliphatic carbocycles. The molecule has 0 fully saturated rings. The summed E-state index contributed by atoms with van der Waals surface area (Å²) >= 11 is 0. The molecule has 0 radical (unpaired) electrons. The highest BCUT2D eigenvalue weighted by atomic mass is 32.2. The molecule has 0 aliphatic heterocycles. The molecule has 0 unspecified atom stereocenters. The molecule has 2 aromatic carbocycles. The van der Waals surface area contributed by atoms with Crippen LogP contribution in [0.4, 0.5) is 0 Å². The minimum atomic E-state index is -3.81. The smallest absolute Gasteiger partial charge is 0.238 e. The summed E-state index contributed by atoms with van der Waals surface area (Å²) in [4.78, 5) is 4.43. The minimum Gasteiger partial charge on any atom is -0.261 e. The first-order valence-corrected chi connectivity index (χ1v) is 8.04. The van der Waals surface area contributed by atoms with Crippen LogP contribution in [0.15, 0.2) is 65.7 Å². The van der Waals surface area contributed by atoms with E-state index in [0.717, 1.165) is 11.1 Å². The van der Waals surface area contributed by atoms with Gasteiger partial charge < -0.3 is 0 Å². The first-order valence-electron chi connectivity index (χ1n) is 6.49. The summed E-state index contributed by atoms with van der Waals surface area (Å²) in [7, 11) is -3.81. The summed E-state index contributed by atoms with van der Waals surface area (Å²) in [5.74, 6) is 0. The zero-order valence-corrected chi connectivity index (χ0v) is 12.0. The van der Waals surface area contributed by atoms with E-state index in [1.807, 2.05) is 42.5 Å². The minimum absolute atomic E-state index is 0.186. The second-order valence-corrected chi connectivity index (χ2v) is 6.32. The van der Waals surface area contributed by atoms with Crippen LogP contribution in [-0.4, -0.2) is 13.4 Å². The molecule has 0 saturated heterocycles. The Labute approximate surface area is 123 Å². The highest BCUT2D eigenvalue weighted by Gasteiger charge is 2.18. The lowest BCUT2D eigenvalue weighted by Crippen LogP contribution is -2.15. The van der Waals surface area contributed by atoms with Crippen LogP contribution < -0.4 is 5.14 Å². The molecule has 5 heteroatoms. The standard InChI is InChI=1S/C16H14N2O2S/c17-21(19,20)16-13(11-14-6-3-4-10-18-14)9-8-12-5-1-2-7-15(12)16/h1-10H,11H2,(H2,17,19,20). The molecule has 0 atom stereocenters. The number of rotatable bonds is 3. The first-order chi connectivity index (χ1) is 10.1. The molecule has 21 heavy (non-hydrogen) atoms. The summed E-state index contributed by atoms with van der Waals surface area (Å²) in [6, 6.07) is 16.6. The number of benzene rings is 2. The molecule has 0 amide bonds. The Morgan fingerprint density at radius 2 is 1.71 bits per heavy atom. The van der Waals surface area contributed by atoms with Crippen LogP contribution >= 0.6 is 0 Å². The molecule has 1 aromatic heterocycles. The predicted octanol–water partition coefficient (Wildman–Crippen LogP) is 2.47.